The van der Waals surface area contributed by atoms with Gasteiger partial charge in [-0.15, -0.1) is 0 Å². The minimum Gasteiger partial charge on any atom is -0.394 e. The van der Waals surface area contributed by atoms with E-state index in [2.05, 4.69) is 13.8 Å². The van der Waals surface area contributed by atoms with E-state index in [9.17, 15) is 0 Å². The van der Waals surface area contributed by atoms with Crippen molar-refractivity contribution < 1.29 is 9.84 Å². The van der Waals surface area contributed by atoms with Gasteiger partial charge in [0, 0.05) is 0 Å². The summed E-state index contributed by atoms with van der Waals surface area (Å²) < 4.78 is 5.50. The van der Waals surface area contributed by atoms with Gasteiger partial charge in [0.25, 0.3) is 0 Å². The molecule has 72 valence electrons. The zero-order valence-electron chi connectivity index (χ0n) is 8.12. The predicted octanol–water partition coefficient (Wildman–Crippen LogP) is 1.82. The Kier molecular flexibility index (Phi) is 4.02. The zero-order valence-corrected chi connectivity index (χ0v) is 8.12. The fourth-order valence-electron chi connectivity index (χ4n) is 1.87. The summed E-state index contributed by atoms with van der Waals surface area (Å²) in [6.45, 7) is 5.26. The van der Waals surface area contributed by atoms with Gasteiger partial charge >= 0.3 is 0 Å². The lowest BCUT2D eigenvalue weighted by molar-refractivity contribution is -0.0123. The molecule has 0 aromatic heterocycles. The lowest BCUT2D eigenvalue weighted by Gasteiger charge is -2.31. The van der Waals surface area contributed by atoms with E-state index in [0.717, 1.165) is 11.8 Å². The molecule has 2 nitrogen and oxygen atoms in total. The first kappa shape index (κ1) is 10.0. The van der Waals surface area contributed by atoms with Crippen LogP contribution in [0.3, 0.4) is 0 Å². The molecule has 1 saturated carbocycles. The minimum atomic E-state index is 0.153. The second kappa shape index (κ2) is 4.83. The lowest BCUT2D eigenvalue weighted by Crippen LogP contribution is -2.27. The quantitative estimate of drug-likeness (QED) is 0.703. The Morgan fingerprint density at radius 2 is 2.00 bits per heavy atom. The maximum Gasteiger partial charge on any atom is 0.0701 e. The first-order valence-corrected chi connectivity index (χ1v) is 4.96. The van der Waals surface area contributed by atoms with Gasteiger partial charge in [-0.1, -0.05) is 13.8 Å². The SMILES string of the molecule is CC1CCC(OCCO)CC1C. The molecule has 0 amide bonds. The zero-order chi connectivity index (χ0) is 8.97. The molecule has 2 heteroatoms. The Labute approximate surface area is 74.9 Å². The van der Waals surface area contributed by atoms with Crippen LogP contribution in [0.1, 0.15) is 33.1 Å². The van der Waals surface area contributed by atoms with Crippen LogP contribution < -0.4 is 0 Å². The summed E-state index contributed by atoms with van der Waals surface area (Å²) in [4.78, 5) is 0. The number of aliphatic hydroxyl groups excluding tert-OH is 1. The molecule has 3 atom stereocenters. The molecule has 0 aliphatic heterocycles. The number of ether oxygens (including phenoxy) is 1. The maximum absolute atomic E-state index is 8.59. The summed E-state index contributed by atoms with van der Waals surface area (Å²) in [6, 6.07) is 0. The number of aliphatic hydroxyl groups is 1. The van der Waals surface area contributed by atoms with Crippen LogP contribution in [0.4, 0.5) is 0 Å². The number of hydrogen-bond donors (Lipinski definition) is 1. The summed E-state index contributed by atoms with van der Waals surface area (Å²) in [5.41, 5.74) is 0. The van der Waals surface area contributed by atoms with Gasteiger partial charge in [0.05, 0.1) is 19.3 Å². The largest absolute Gasteiger partial charge is 0.394 e. The molecule has 0 aromatic carbocycles. The first-order valence-electron chi connectivity index (χ1n) is 4.96. The average molecular weight is 172 g/mol. The van der Waals surface area contributed by atoms with Gasteiger partial charge in [-0.05, 0) is 31.1 Å². The third kappa shape index (κ3) is 2.76. The van der Waals surface area contributed by atoms with Crippen molar-refractivity contribution >= 4 is 0 Å². The van der Waals surface area contributed by atoms with Gasteiger partial charge in [-0.2, -0.15) is 0 Å². The molecule has 0 spiro atoms. The van der Waals surface area contributed by atoms with Crippen LogP contribution in [0.2, 0.25) is 0 Å². The number of hydrogen-bond acceptors (Lipinski definition) is 2. The van der Waals surface area contributed by atoms with E-state index in [0.29, 0.717) is 12.7 Å². The summed E-state index contributed by atoms with van der Waals surface area (Å²) in [6.07, 6.45) is 4.02. The molecule has 0 heterocycles. The molecule has 1 N–H and O–H groups in total. The van der Waals surface area contributed by atoms with E-state index in [-0.39, 0.29) is 6.61 Å². The monoisotopic (exact) mass is 172 g/mol. The molecule has 12 heavy (non-hydrogen) atoms. The Hall–Kier alpha value is -0.0800. The van der Waals surface area contributed by atoms with E-state index in [1.165, 1.54) is 19.3 Å². The summed E-state index contributed by atoms with van der Waals surface area (Å²) in [7, 11) is 0. The molecular weight excluding hydrogens is 152 g/mol. The van der Waals surface area contributed by atoms with Crippen molar-refractivity contribution in [2.24, 2.45) is 11.8 Å². The van der Waals surface area contributed by atoms with Crippen molar-refractivity contribution in [1.82, 2.24) is 0 Å². The predicted molar refractivity (Wildman–Crippen MR) is 49.0 cm³/mol. The topological polar surface area (TPSA) is 29.5 Å². The molecule has 1 aliphatic carbocycles. The fourth-order valence-corrected chi connectivity index (χ4v) is 1.87. The molecule has 1 rings (SSSR count). The van der Waals surface area contributed by atoms with Gasteiger partial charge in [-0.3, -0.25) is 0 Å². The van der Waals surface area contributed by atoms with Crippen molar-refractivity contribution in [3.63, 3.8) is 0 Å². The Morgan fingerprint density at radius 1 is 1.25 bits per heavy atom. The van der Waals surface area contributed by atoms with Crippen LogP contribution >= 0.6 is 0 Å². The molecule has 0 radical (unpaired) electrons. The van der Waals surface area contributed by atoms with Gasteiger partial charge in [0.2, 0.25) is 0 Å². The van der Waals surface area contributed by atoms with Crippen molar-refractivity contribution in [2.45, 2.75) is 39.2 Å². The van der Waals surface area contributed by atoms with Crippen molar-refractivity contribution in [2.75, 3.05) is 13.2 Å². The van der Waals surface area contributed by atoms with Crippen molar-refractivity contribution in [3.8, 4) is 0 Å². The first-order chi connectivity index (χ1) is 5.74. The van der Waals surface area contributed by atoms with Crippen LogP contribution in [0.15, 0.2) is 0 Å². The lowest BCUT2D eigenvalue weighted by atomic mass is 9.80. The molecule has 1 fully saturated rings. The van der Waals surface area contributed by atoms with E-state index in [1.807, 2.05) is 0 Å². The summed E-state index contributed by atoms with van der Waals surface area (Å²) in [5, 5.41) is 8.59. The Bertz CT molecular complexity index is 123. The third-order valence-electron chi connectivity index (χ3n) is 2.99. The average Bonchev–Trinajstić information content (AvgIpc) is 2.07. The smallest absolute Gasteiger partial charge is 0.0701 e. The highest BCUT2D eigenvalue weighted by atomic mass is 16.5. The van der Waals surface area contributed by atoms with Crippen LogP contribution in [0.5, 0.6) is 0 Å². The standard InChI is InChI=1S/C10H20O2/c1-8-3-4-10(7-9(8)2)12-6-5-11/h8-11H,3-7H2,1-2H3. The van der Waals surface area contributed by atoms with Gasteiger partial charge < -0.3 is 9.84 Å². The van der Waals surface area contributed by atoms with Crippen molar-refractivity contribution in [1.29, 1.82) is 0 Å². The summed E-state index contributed by atoms with van der Waals surface area (Å²) in [5.74, 6) is 1.63. The van der Waals surface area contributed by atoms with Crippen LogP contribution in [-0.4, -0.2) is 24.4 Å². The van der Waals surface area contributed by atoms with E-state index in [4.69, 9.17) is 9.84 Å². The normalized spacial score (nSPS) is 36.8. The minimum absolute atomic E-state index is 0.153. The maximum atomic E-state index is 8.59. The van der Waals surface area contributed by atoms with Crippen molar-refractivity contribution in [3.05, 3.63) is 0 Å². The molecular formula is C10H20O2. The fraction of sp³-hybridized carbons (Fsp3) is 1.00. The van der Waals surface area contributed by atoms with Gasteiger partial charge in [-0.25, -0.2) is 0 Å². The van der Waals surface area contributed by atoms with Crippen LogP contribution in [0, 0.1) is 11.8 Å². The van der Waals surface area contributed by atoms with Gasteiger partial charge in [0.15, 0.2) is 0 Å². The van der Waals surface area contributed by atoms with E-state index >= 15 is 0 Å². The highest BCUT2D eigenvalue weighted by Gasteiger charge is 2.24. The van der Waals surface area contributed by atoms with Crippen LogP contribution in [0.25, 0.3) is 0 Å². The Morgan fingerprint density at radius 3 is 2.58 bits per heavy atom. The molecule has 0 bridgehead atoms. The second-order valence-corrected chi connectivity index (χ2v) is 3.98. The van der Waals surface area contributed by atoms with Crippen LogP contribution in [-0.2, 0) is 4.74 Å². The highest BCUT2D eigenvalue weighted by molar-refractivity contribution is 4.75. The molecule has 1 aliphatic rings. The molecule has 0 saturated heterocycles. The van der Waals surface area contributed by atoms with E-state index in [1.54, 1.807) is 0 Å². The molecule has 3 unspecified atom stereocenters. The summed E-state index contributed by atoms with van der Waals surface area (Å²) >= 11 is 0. The third-order valence-corrected chi connectivity index (χ3v) is 2.99. The Balaban J connectivity index is 2.21. The number of rotatable bonds is 3. The molecule has 0 aromatic rings. The highest BCUT2D eigenvalue weighted by Crippen LogP contribution is 2.30. The second-order valence-electron chi connectivity index (χ2n) is 3.98. The van der Waals surface area contributed by atoms with Gasteiger partial charge in [0.1, 0.15) is 0 Å². The van der Waals surface area contributed by atoms with E-state index < -0.39 is 0 Å².